The molecule has 0 spiro atoms. The predicted octanol–water partition coefficient (Wildman–Crippen LogP) is 4.97. The van der Waals surface area contributed by atoms with E-state index in [1.807, 2.05) is 36.7 Å². The number of carbonyl (C=O) groups is 1. The van der Waals surface area contributed by atoms with Crippen molar-refractivity contribution in [3.63, 3.8) is 0 Å². The Morgan fingerprint density at radius 1 is 0.839 bits per heavy atom. The standard InChI is InChI=1S/C26H30N4O/c1-19(31)20-7-11-23(12-8-20)29-13-15-30(16-14-29)25-18-27-17-24(28-25)21-5-9-22(10-6-21)26(2,3)4/h5-12,17-18H,13-16H2,1-4H3. The number of hydrogen-bond donors (Lipinski definition) is 0. The highest BCUT2D eigenvalue weighted by Gasteiger charge is 2.19. The average Bonchev–Trinajstić information content (AvgIpc) is 2.79. The zero-order chi connectivity index (χ0) is 22.0. The van der Waals surface area contributed by atoms with Crippen LogP contribution < -0.4 is 9.80 Å². The molecule has 31 heavy (non-hydrogen) atoms. The van der Waals surface area contributed by atoms with E-state index in [2.05, 4.69) is 59.8 Å². The van der Waals surface area contributed by atoms with Crippen LogP contribution in [0.15, 0.2) is 60.9 Å². The van der Waals surface area contributed by atoms with Crippen LogP contribution in [0.5, 0.6) is 0 Å². The van der Waals surface area contributed by atoms with Crippen molar-refractivity contribution in [3.05, 3.63) is 72.1 Å². The summed E-state index contributed by atoms with van der Waals surface area (Å²) in [5.41, 5.74) is 5.35. The highest BCUT2D eigenvalue weighted by atomic mass is 16.1. The highest BCUT2D eigenvalue weighted by Crippen LogP contribution is 2.26. The van der Waals surface area contributed by atoms with Crippen molar-refractivity contribution < 1.29 is 4.79 Å². The summed E-state index contributed by atoms with van der Waals surface area (Å²) in [5.74, 6) is 1.02. The van der Waals surface area contributed by atoms with Crippen molar-refractivity contribution in [2.75, 3.05) is 36.0 Å². The largest absolute Gasteiger partial charge is 0.368 e. The molecule has 1 aromatic heterocycles. The minimum atomic E-state index is 0.0999. The maximum Gasteiger partial charge on any atom is 0.159 e. The summed E-state index contributed by atoms with van der Waals surface area (Å²) in [6, 6.07) is 16.5. The van der Waals surface area contributed by atoms with Gasteiger partial charge in [-0.3, -0.25) is 9.78 Å². The average molecular weight is 415 g/mol. The molecule has 2 heterocycles. The van der Waals surface area contributed by atoms with Crippen molar-refractivity contribution in [3.8, 4) is 11.3 Å². The fourth-order valence-corrected chi connectivity index (χ4v) is 3.89. The summed E-state index contributed by atoms with van der Waals surface area (Å²) >= 11 is 0. The van der Waals surface area contributed by atoms with Gasteiger partial charge in [-0.1, -0.05) is 45.0 Å². The van der Waals surface area contributed by atoms with Crippen LogP contribution in [0.1, 0.15) is 43.6 Å². The predicted molar refractivity (Wildman–Crippen MR) is 127 cm³/mol. The number of Topliss-reactive ketones (excluding diaryl/α,β-unsaturated/α-hetero) is 1. The van der Waals surface area contributed by atoms with Gasteiger partial charge < -0.3 is 9.80 Å². The molecule has 1 fully saturated rings. The van der Waals surface area contributed by atoms with E-state index < -0.39 is 0 Å². The topological polar surface area (TPSA) is 49.3 Å². The molecule has 5 nitrogen and oxygen atoms in total. The third-order valence-corrected chi connectivity index (χ3v) is 5.91. The molecule has 0 N–H and O–H groups in total. The van der Waals surface area contributed by atoms with Gasteiger partial charge in [0.05, 0.1) is 18.1 Å². The molecule has 0 bridgehead atoms. The van der Waals surface area contributed by atoms with Gasteiger partial charge in [0.2, 0.25) is 0 Å². The first kappa shape index (κ1) is 21.0. The number of carbonyl (C=O) groups excluding carboxylic acids is 1. The van der Waals surface area contributed by atoms with Gasteiger partial charge >= 0.3 is 0 Å². The molecule has 0 aliphatic carbocycles. The number of piperazine rings is 1. The van der Waals surface area contributed by atoms with Crippen LogP contribution in [-0.4, -0.2) is 41.9 Å². The summed E-state index contributed by atoms with van der Waals surface area (Å²) in [5, 5.41) is 0. The zero-order valence-corrected chi connectivity index (χ0v) is 18.8. The van der Waals surface area contributed by atoms with Gasteiger partial charge in [-0.05, 0) is 42.2 Å². The number of nitrogens with zero attached hydrogens (tertiary/aromatic N) is 4. The van der Waals surface area contributed by atoms with E-state index in [0.29, 0.717) is 0 Å². The fourth-order valence-electron chi connectivity index (χ4n) is 3.89. The van der Waals surface area contributed by atoms with Crippen LogP contribution in [0.3, 0.4) is 0 Å². The lowest BCUT2D eigenvalue weighted by Crippen LogP contribution is -2.46. The van der Waals surface area contributed by atoms with Gasteiger partial charge in [-0.2, -0.15) is 0 Å². The molecule has 0 unspecified atom stereocenters. The van der Waals surface area contributed by atoms with Crippen LogP contribution >= 0.6 is 0 Å². The van der Waals surface area contributed by atoms with Gasteiger partial charge in [-0.25, -0.2) is 4.98 Å². The normalized spacial score (nSPS) is 14.6. The molecule has 0 saturated carbocycles. The van der Waals surface area contributed by atoms with Gasteiger partial charge in [0.1, 0.15) is 5.82 Å². The summed E-state index contributed by atoms with van der Waals surface area (Å²) in [6.07, 6.45) is 3.69. The monoisotopic (exact) mass is 414 g/mol. The molecule has 5 heteroatoms. The van der Waals surface area contributed by atoms with Crippen LogP contribution in [0.4, 0.5) is 11.5 Å². The molecule has 3 aromatic rings. The van der Waals surface area contributed by atoms with E-state index in [-0.39, 0.29) is 11.2 Å². The molecule has 2 aromatic carbocycles. The Balaban J connectivity index is 1.44. The number of aromatic nitrogens is 2. The molecule has 1 saturated heterocycles. The lowest BCUT2D eigenvalue weighted by Gasteiger charge is -2.36. The number of ketones is 1. The lowest BCUT2D eigenvalue weighted by atomic mass is 9.86. The molecule has 0 atom stereocenters. The van der Waals surface area contributed by atoms with Crippen LogP contribution in [0.2, 0.25) is 0 Å². The number of anilines is 2. The second-order valence-corrected chi connectivity index (χ2v) is 9.17. The third kappa shape index (κ3) is 4.76. The first-order valence-corrected chi connectivity index (χ1v) is 10.8. The first-order chi connectivity index (χ1) is 14.8. The van der Waals surface area contributed by atoms with Gasteiger partial charge in [-0.15, -0.1) is 0 Å². The summed E-state index contributed by atoms with van der Waals surface area (Å²) in [7, 11) is 0. The highest BCUT2D eigenvalue weighted by molar-refractivity contribution is 5.94. The van der Waals surface area contributed by atoms with E-state index in [0.717, 1.165) is 54.5 Å². The first-order valence-electron chi connectivity index (χ1n) is 10.8. The van der Waals surface area contributed by atoms with Crippen molar-refractivity contribution in [2.24, 2.45) is 0 Å². The van der Waals surface area contributed by atoms with E-state index >= 15 is 0 Å². The van der Waals surface area contributed by atoms with Gasteiger partial charge in [0, 0.05) is 43.0 Å². The van der Waals surface area contributed by atoms with Gasteiger partial charge in [0.15, 0.2) is 5.78 Å². The van der Waals surface area contributed by atoms with Crippen molar-refractivity contribution in [2.45, 2.75) is 33.1 Å². The Kier molecular flexibility index (Phi) is 5.77. The molecule has 1 aliphatic heterocycles. The van der Waals surface area contributed by atoms with Crippen LogP contribution in [-0.2, 0) is 5.41 Å². The third-order valence-electron chi connectivity index (χ3n) is 5.91. The Hall–Kier alpha value is -3.21. The smallest absolute Gasteiger partial charge is 0.159 e. The minimum Gasteiger partial charge on any atom is -0.368 e. The molecule has 0 radical (unpaired) electrons. The Morgan fingerprint density at radius 2 is 1.45 bits per heavy atom. The maximum atomic E-state index is 11.5. The quantitative estimate of drug-likeness (QED) is 0.564. The molecular formula is C26H30N4O. The Labute approximate surface area is 184 Å². The second kappa shape index (κ2) is 8.50. The van der Waals surface area contributed by atoms with Gasteiger partial charge in [0.25, 0.3) is 0 Å². The zero-order valence-electron chi connectivity index (χ0n) is 18.8. The molecule has 4 rings (SSSR count). The second-order valence-electron chi connectivity index (χ2n) is 9.17. The SMILES string of the molecule is CC(=O)c1ccc(N2CCN(c3cncc(-c4ccc(C(C)(C)C)cc4)n3)CC2)cc1. The minimum absolute atomic E-state index is 0.0999. The fraction of sp³-hybridized carbons (Fsp3) is 0.346. The van der Waals surface area contributed by atoms with Crippen molar-refractivity contribution in [1.29, 1.82) is 0 Å². The maximum absolute atomic E-state index is 11.5. The molecule has 160 valence electrons. The Morgan fingerprint density at radius 3 is 2.03 bits per heavy atom. The van der Waals surface area contributed by atoms with E-state index in [4.69, 9.17) is 4.98 Å². The summed E-state index contributed by atoms with van der Waals surface area (Å²) in [6.45, 7) is 11.9. The number of rotatable bonds is 4. The van der Waals surface area contributed by atoms with Crippen molar-refractivity contribution >= 4 is 17.3 Å². The molecule has 0 amide bonds. The van der Waals surface area contributed by atoms with E-state index in [1.54, 1.807) is 6.92 Å². The van der Waals surface area contributed by atoms with Crippen molar-refractivity contribution in [1.82, 2.24) is 9.97 Å². The van der Waals surface area contributed by atoms with E-state index in [9.17, 15) is 4.79 Å². The molecule has 1 aliphatic rings. The summed E-state index contributed by atoms with van der Waals surface area (Å²) < 4.78 is 0. The van der Waals surface area contributed by atoms with E-state index in [1.165, 1.54) is 5.56 Å². The van der Waals surface area contributed by atoms with Crippen LogP contribution in [0.25, 0.3) is 11.3 Å². The summed E-state index contributed by atoms with van der Waals surface area (Å²) in [4.78, 5) is 25.5. The Bertz CT molecular complexity index is 1040. The number of benzene rings is 2. The number of hydrogen-bond acceptors (Lipinski definition) is 5. The van der Waals surface area contributed by atoms with Crippen LogP contribution in [0, 0.1) is 0 Å². The molecular weight excluding hydrogens is 384 g/mol. The lowest BCUT2D eigenvalue weighted by molar-refractivity contribution is 0.101.